The predicted molar refractivity (Wildman–Crippen MR) is 172 cm³/mol. The lowest BCUT2D eigenvalue weighted by Gasteiger charge is -2.10. The normalized spacial score (nSPS) is 11.3. The van der Waals surface area contributed by atoms with Gasteiger partial charge in [0.05, 0.1) is 5.52 Å². The highest BCUT2D eigenvalue weighted by Gasteiger charge is 2.14. The fourth-order valence-electron chi connectivity index (χ4n) is 5.49. The molecule has 8 rings (SSSR count). The second-order valence-electron chi connectivity index (χ2n) is 10.4. The fraction of sp³-hybridized carbons (Fsp3) is 0. The first-order valence-corrected chi connectivity index (χ1v) is 14.0. The number of hydrogen-bond donors (Lipinski definition) is 0. The summed E-state index contributed by atoms with van der Waals surface area (Å²) in [4.78, 5) is 19.4. The van der Waals surface area contributed by atoms with Crippen molar-refractivity contribution < 1.29 is 0 Å². The van der Waals surface area contributed by atoms with Gasteiger partial charge < -0.3 is 0 Å². The number of aromatic nitrogens is 4. The molecule has 0 atom stereocenters. The highest BCUT2D eigenvalue weighted by Crippen LogP contribution is 2.30. The molecule has 4 heteroatoms. The lowest BCUT2D eigenvalue weighted by Crippen LogP contribution is -2.00. The molecule has 0 aliphatic rings. The van der Waals surface area contributed by atoms with Crippen LogP contribution >= 0.6 is 0 Å². The maximum absolute atomic E-state index is 4.98. The van der Waals surface area contributed by atoms with Crippen LogP contribution in [-0.2, 0) is 0 Å². The molecule has 0 radical (unpaired) electrons. The van der Waals surface area contributed by atoms with Gasteiger partial charge in [-0.2, -0.15) is 0 Å². The van der Waals surface area contributed by atoms with Gasteiger partial charge >= 0.3 is 0 Å². The van der Waals surface area contributed by atoms with E-state index in [1.54, 1.807) is 0 Å². The van der Waals surface area contributed by atoms with Crippen LogP contribution in [0.3, 0.4) is 0 Å². The predicted octanol–water partition coefficient (Wildman–Crippen LogP) is 9.39. The third kappa shape index (κ3) is 4.45. The number of fused-ring (bicyclic) bond motifs is 3. The SMILES string of the molecule is c1ccc2cc(-c3nc(-c4ccc(-c5ccc6ncccc6c5)cc4)nc(-c4ccc5ccccc5c4)n3)ccc2c1. The molecule has 2 aromatic heterocycles. The standard InChI is InChI=1S/C38H24N4/c1-3-8-29-23-33(17-13-25(29)6-1)37-40-36(41-38(42-37)34-18-14-26-7-2-4-9-30(26)24-34)28-15-11-27(12-16-28)31-19-20-35-32(22-31)10-5-21-39-35/h1-24H. The minimum Gasteiger partial charge on any atom is -0.256 e. The van der Waals surface area contributed by atoms with E-state index >= 15 is 0 Å². The Balaban J connectivity index is 1.25. The average molecular weight is 537 g/mol. The van der Waals surface area contributed by atoms with Crippen LogP contribution in [0.5, 0.6) is 0 Å². The molecule has 0 bridgehead atoms. The van der Waals surface area contributed by atoms with Gasteiger partial charge in [0.2, 0.25) is 0 Å². The first kappa shape index (κ1) is 24.1. The third-order valence-corrected chi connectivity index (χ3v) is 7.73. The van der Waals surface area contributed by atoms with Crippen molar-refractivity contribution in [1.82, 2.24) is 19.9 Å². The summed E-state index contributed by atoms with van der Waals surface area (Å²) in [6.45, 7) is 0. The summed E-state index contributed by atoms with van der Waals surface area (Å²) in [6.07, 6.45) is 1.82. The quantitative estimate of drug-likeness (QED) is 0.225. The Kier molecular flexibility index (Phi) is 5.75. The van der Waals surface area contributed by atoms with Crippen molar-refractivity contribution in [3.8, 4) is 45.3 Å². The number of hydrogen-bond acceptors (Lipinski definition) is 4. The molecule has 4 nitrogen and oxygen atoms in total. The van der Waals surface area contributed by atoms with E-state index in [1.807, 2.05) is 12.3 Å². The van der Waals surface area contributed by atoms with Crippen LogP contribution in [-0.4, -0.2) is 19.9 Å². The van der Waals surface area contributed by atoms with E-state index in [2.05, 4.69) is 138 Å². The van der Waals surface area contributed by atoms with Gasteiger partial charge in [-0.1, -0.05) is 109 Å². The minimum atomic E-state index is 0.644. The van der Waals surface area contributed by atoms with Gasteiger partial charge in [-0.05, 0) is 63.0 Å². The van der Waals surface area contributed by atoms with E-state index in [4.69, 9.17) is 15.0 Å². The van der Waals surface area contributed by atoms with Gasteiger partial charge in [-0.3, -0.25) is 4.98 Å². The van der Waals surface area contributed by atoms with Crippen molar-refractivity contribution in [3.05, 3.63) is 146 Å². The molecule has 8 aromatic rings. The van der Waals surface area contributed by atoms with Crippen LogP contribution in [0.1, 0.15) is 0 Å². The molecule has 2 heterocycles. The van der Waals surface area contributed by atoms with Crippen LogP contribution < -0.4 is 0 Å². The van der Waals surface area contributed by atoms with E-state index in [9.17, 15) is 0 Å². The second kappa shape index (κ2) is 10.0. The molecule has 0 fully saturated rings. The maximum atomic E-state index is 4.98. The highest BCUT2D eigenvalue weighted by molar-refractivity contribution is 5.88. The van der Waals surface area contributed by atoms with Gasteiger partial charge in [0.15, 0.2) is 17.5 Å². The topological polar surface area (TPSA) is 51.6 Å². The Bertz CT molecular complexity index is 2160. The van der Waals surface area contributed by atoms with E-state index in [0.717, 1.165) is 49.5 Å². The molecular formula is C38H24N4. The Morgan fingerprint density at radius 1 is 0.310 bits per heavy atom. The monoisotopic (exact) mass is 536 g/mol. The smallest absolute Gasteiger partial charge is 0.164 e. The van der Waals surface area contributed by atoms with Crippen molar-refractivity contribution in [2.45, 2.75) is 0 Å². The molecule has 0 spiro atoms. The summed E-state index contributed by atoms with van der Waals surface area (Å²) in [5, 5.41) is 5.80. The molecule has 0 aliphatic heterocycles. The van der Waals surface area contributed by atoms with Gasteiger partial charge in [0, 0.05) is 28.3 Å². The van der Waals surface area contributed by atoms with Gasteiger partial charge in [0.25, 0.3) is 0 Å². The molecule has 6 aromatic carbocycles. The summed E-state index contributed by atoms with van der Waals surface area (Å²) < 4.78 is 0. The lowest BCUT2D eigenvalue weighted by atomic mass is 10.0. The third-order valence-electron chi connectivity index (χ3n) is 7.73. The summed E-state index contributed by atoms with van der Waals surface area (Å²) >= 11 is 0. The van der Waals surface area contributed by atoms with Crippen molar-refractivity contribution in [3.63, 3.8) is 0 Å². The molecule has 0 unspecified atom stereocenters. The fourth-order valence-corrected chi connectivity index (χ4v) is 5.49. The summed E-state index contributed by atoms with van der Waals surface area (Å²) in [6, 6.07) is 48.3. The highest BCUT2D eigenvalue weighted by atomic mass is 15.0. The number of benzene rings is 6. The number of rotatable bonds is 4. The largest absolute Gasteiger partial charge is 0.256 e. The van der Waals surface area contributed by atoms with E-state index in [0.29, 0.717) is 17.5 Å². The van der Waals surface area contributed by atoms with Crippen LogP contribution in [0.4, 0.5) is 0 Å². The summed E-state index contributed by atoms with van der Waals surface area (Å²) in [7, 11) is 0. The van der Waals surface area contributed by atoms with E-state index in [-0.39, 0.29) is 0 Å². The molecular weight excluding hydrogens is 512 g/mol. The zero-order valence-electron chi connectivity index (χ0n) is 22.6. The molecule has 0 saturated carbocycles. The zero-order chi connectivity index (χ0) is 27.9. The number of pyridine rings is 1. The van der Waals surface area contributed by atoms with Crippen molar-refractivity contribution in [2.75, 3.05) is 0 Å². The second-order valence-corrected chi connectivity index (χ2v) is 10.4. The minimum absolute atomic E-state index is 0.644. The first-order chi connectivity index (χ1) is 20.8. The molecule has 0 amide bonds. The molecule has 0 saturated heterocycles. The molecule has 42 heavy (non-hydrogen) atoms. The maximum Gasteiger partial charge on any atom is 0.164 e. The first-order valence-electron chi connectivity index (χ1n) is 14.0. The van der Waals surface area contributed by atoms with Crippen molar-refractivity contribution >= 4 is 32.4 Å². The van der Waals surface area contributed by atoms with Crippen LogP contribution in [0.25, 0.3) is 77.7 Å². The van der Waals surface area contributed by atoms with E-state index in [1.165, 1.54) is 10.8 Å². The summed E-state index contributed by atoms with van der Waals surface area (Å²) in [5.41, 5.74) is 6.12. The molecule has 0 N–H and O–H groups in total. The van der Waals surface area contributed by atoms with Crippen molar-refractivity contribution in [2.24, 2.45) is 0 Å². The Labute approximate surface area is 243 Å². The Morgan fingerprint density at radius 3 is 1.38 bits per heavy atom. The van der Waals surface area contributed by atoms with Crippen molar-refractivity contribution in [1.29, 1.82) is 0 Å². The Morgan fingerprint density at radius 2 is 0.762 bits per heavy atom. The zero-order valence-corrected chi connectivity index (χ0v) is 22.6. The van der Waals surface area contributed by atoms with Gasteiger partial charge in [-0.15, -0.1) is 0 Å². The van der Waals surface area contributed by atoms with Crippen LogP contribution in [0.2, 0.25) is 0 Å². The van der Waals surface area contributed by atoms with Gasteiger partial charge in [0.1, 0.15) is 0 Å². The Hall–Kier alpha value is -5.74. The average Bonchev–Trinajstić information content (AvgIpc) is 3.07. The van der Waals surface area contributed by atoms with E-state index < -0.39 is 0 Å². The molecule has 196 valence electrons. The summed E-state index contributed by atoms with van der Waals surface area (Å²) in [5.74, 6) is 1.95. The van der Waals surface area contributed by atoms with Gasteiger partial charge in [-0.25, -0.2) is 15.0 Å². The lowest BCUT2D eigenvalue weighted by molar-refractivity contribution is 1.08. The van der Waals surface area contributed by atoms with Crippen LogP contribution in [0, 0.1) is 0 Å². The van der Waals surface area contributed by atoms with Crippen LogP contribution in [0.15, 0.2) is 146 Å². The number of nitrogens with zero attached hydrogens (tertiary/aromatic N) is 4. The molecule has 0 aliphatic carbocycles.